The van der Waals surface area contributed by atoms with E-state index in [1.54, 1.807) is 24.3 Å². The van der Waals surface area contributed by atoms with Gasteiger partial charge in [-0.25, -0.2) is 4.39 Å². The van der Waals surface area contributed by atoms with Gasteiger partial charge in [0.2, 0.25) is 0 Å². The predicted octanol–water partition coefficient (Wildman–Crippen LogP) is 3.58. The number of hydrogen-bond acceptors (Lipinski definition) is 5. The van der Waals surface area contributed by atoms with Gasteiger partial charge in [-0.15, -0.1) is 0 Å². The van der Waals surface area contributed by atoms with Crippen molar-refractivity contribution in [3.05, 3.63) is 69.5 Å². The molecule has 1 fully saturated rings. The summed E-state index contributed by atoms with van der Waals surface area (Å²) in [7, 11) is 0. The minimum absolute atomic E-state index is 0.0535. The molecular weight excluding hydrogens is 387 g/mol. The van der Waals surface area contributed by atoms with Crippen molar-refractivity contribution >= 4 is 17.3 Å². The Balaban J connectivity index is 1.74. The largest absolute Gasteiger partial charge is 0.365 e. The number of rotatable bonds is 6. The number of nitrogens with zero attached hydrogens (tertiary/aromatic N) is 3. The van der Waals surface area contributed by atoms with Crippen LogP contribution in [0.2, 0.25) is 0 Å². The number of halogens is 1. The third-order valence-electron chi connectivity index (χ3n) is 5.14. The monoisotopic (exact) mass is 414 g/mol. The van der Waals surface area contributed by atoms with E-state index >= 15 is 0 Å². The lowest BCUT2D eigenvalue weighted by Crippen LogP contribution is -2.31. The summed E-state index contributed by atoms with van der Waals surface area (Å²) in [6.07, 6.45) is 0.807. The van der Waals surface area contributed by atoms with Crippen molar-refractivity contribution in [2.75, 3.05) is 31.1 Å². The van der Waals surface area contributed by atoms with Gasteiger partial charge in [0.1, 0.15) is 11.5 Å². The van der Waals surface area contributed by atoms with E-state index in [-0.39, 0.29) is 29.0 Å². The Labute approximate surface area is 175 Å². The maximum atomic E-state index is 14.0. The molecule has 2 aromatic rings. The molecule has 0 spiro atoms. The average Bonchev–Trinajstić information content (AvgIpc) is 2.94. The lowest BCUT2D eigenvalue weighted by Gasteiger charge is -2.24. The number of amides is 1. The van der Waals surface area contributed by atoms with Gasteiger partial charge in [0.15, 0.2) is 0 Å². The van der Waals surface area contributed by atoms with Crippen LogP contribution in [-0.2, 0) is 6.54 Å². The van der Waals surface area contributed by atoms with Crippen molar-refractivity contribution in [3.8, 4) is 0 Å². The van der Waals surface area contributed by atoms with E-state index in [1.807, 2.05) is 24.8 Å². The first-order chi connectivity index (χ1) is 14.3. The van der Waals surface area contributed by atoms with Crippen molar-refractivity contribution in [2.24, 2.45) is 0 Å². The zero-order chi connectivity index (χ0) is 21.7. The van der Waals surface area contributed by atoms with E-state index < -0.39 is 4.92 Å². The van der Waals surface area contributed by atoms with Crippen molar-refractivity contribution in [1.82, 2.24) is 10.2 Å². The quantitative estimate of drug-likeness (QED) is 0.577. The Hall–Kier alpha value is -3.00. The lowest BCUT2D eigenvalue weighted by atomic mass is 10.1. The van der Waals surface area contributed by atoms with E-state index in [2.05, 4.69) is 10.2 Å². The Morgan fingerprint density at radius 2 is 1.93 bits per heavy atom. The van der Waals surface area contributed by atoms with Gasteiger partial charge >= 0.3 is 0 Å². The molecule has 160 valence electrons. The van der Waals surface area contributed by atoms with Crippen LogP contribution < -0.4 is 10.2 Å². The maximum Gasteiger partial charge on any atom is 0.293 e. The molecule has 0 unspecified atom stereocenters. The number of carbonyl (C=O) groups is 1. The number of nitro benzene ring substituents is 1. The standard InChI is InChI=1S/C22H27FN4O3/c1-16(2)24-22(28)17-8-9-20(21(14-17)27(29)30)26-11-5-10-25(12-13-26)15-18-6-3-4-7-19(18)23/h3-4,6-9,14,16H,5,10-13,15H2,1-2H3,(H,24,28). The average molecular weight is 414 g/mol. The minimum Gasteiger partial charge on any atom is -0.365 e. The van der Waals surface area contributed by atoms with Crippen LogP contribution >= 0.6 is 0 Å². The van der Waals surface area contributed by atoms with Crippen molar-refractivity contribution in [1.29, 1.82) is 0 Å². The van der Waals surface area contributed by atoms with Crippen LogP contribution in [0.5, 0.6) is 0 Å². The molecule has 0 radical (unpaired) electrons. The molecule has 30 heavy (non-hydrogen) atoms. The molecule has 3 rings (SSSR count). The summed E-state index contributed by atoms with van der Waals surface area (Å²) in [4.78, 5) is 27.6. The highest BCUT2D eigenvalue weighted by Gasteiger charge is 2.24. The molecule has 0 atom stereocenters. The molecule has 1 N–H and O–H groups in total. The Kier molecular flexibility index (Phi) is 6.99. The first-order valence-electron chi connectivity index (χ1n) is 10.1. The Morgan fingerprint density at radius 3 is 2.63 bits per heavy atom. The second-order valence-electron chi connectivity index (χ2n) is 7.80. The fourth-order valence-electron chi connectivity index (χ4n) is 3.66. The van der Waals surface area contributed by atoms with Gasteiger partial charge in [0, 0.05) is 56.0 Å². The van der Waals surface area contributed by atoms with Gasteiger partial charge in [-0.1, -0.05) is 18.2 Å². The van der Waals surface area contributed by atoms with Crippen LogP contribution in [0.15, 0.2) is 42.5 Å². The van der Waals surface area contributed by atoms with Gasteiger partial charge in [-0.2, -0.15) is 0 Å². The highest BCUT2D eigenvalue weighted by Crippen LogP contribution is 2.30. The van der Waals surface area contributed by atoms with E-state index in [4.69, 9.17) is 0 Å². The molecule has 1 heterocycles. The Bertz CT molecular complexity index is 919. The molecule has 1 aliphatic rings. The first-order valence-corrected chi connectivity index (χ1v) is 10.1. The number of carbonyl (C=O) groups excluding carboxylic acids is 1. The fourth-order valence-corrected chi connectivity index (χ4v) is 3.66. The molecule has 1 aliphatic heterocycles. The second kappa shape index (κ2) is 9.67. The van der Waals surface area contributed by atoms with E-state index in [0.717, 1.165) is 13.0 Å². The van der Waals surface area contributed by atoms with Crippen LogP contribution in [0.4, 0.5) is 15.8 Å². The summed E-state index contributed by atoms with van der Waals surface area (Å²) in [5.41, 5.74) is 1.36. The Morgan fingerprint density at radius 1 is 1.17 bits per heavy atom. The molecule has 0 aliphatic carbocycles. The molecule has 1 saturated heterocycles. The minimum atomic E-state index is -0.441. The second-order valence-corrected chi connectivity index (χ2v) is 7.80. The first kappa shape index (κ1) is 21.7. The van der Waals surface area contributed by atoms with Gasteiger partial charge < -0.3 is 10.2 Å². The van der Waals surface area contributed by atoms with Gasteiger partial charge in [0.05, 0.1) is 4.92 Å². The highest BCUT2D eigenvalue weighted by molar-refractivity contribution is 5.96. The van der Waals surface area contributed by atoms with E-state index in [1.165, 1.54) is 12.1 Å². The number of nitrogens with one attached hydrogen (secondary N) is 1. The molecule has 0 saturated carbocycles. The van der Waals surface area contributed by atoms with E-state index in [9.17, 15) is 19.3 Å². The summed E-state index contributed by atoms with van der Waals surface area (Å²) >= 11 is 0. The summed E-state index contributed by atoms with van der Waals surface area (Å²) in [5.74, 6) is -0.545. The summed E-state index contributed by atoms with van der Waals surface area (Å²) < 4.78 is 14.0. The van der Waals surface area contributed by atoms with Crippen LogP contribution in [0.3, 0.4) is 0 Å². The lowest BCUT2D eigenvalue weighted by molar-refractivity contribution is -0.384. The topological polar surface area (TPSA) is 78.7 Å². The molecule has 8 heteroatoms. The van der Waals surface area contributed by atoms with Crippen molar-refractivity contribution in [3.63, 3.8) is 0 Å². The van der Waals surface area contributed by atoms with Gasteiger partial charge in [-0.3, -0.25) is 19.8 Å². The summed E-state index contributed by atoms with van der Waals surface area (Å²) in [6, 6.07) is 11.3. The summed E-state index contributed by atoms with van der Waals surface area (Å²) in [5, 5.41) is 14.4. The summed E-state index contributed by atoms with van der Waals surface area (Å²) in [6.45, 7) is 6.89. The van der Waals surface area contributed by atoms with Crippen LogP contribution in [0, 0.1) is 15.9 Å². The molecule has 2 aromatic carbocycles. The molecule has 0 aromatic heterocycles. The van der Waals surface area contributed by atoms with Gasteiger partial charge in [0.25, 0.3) is 11.6 Å². The molecule has 1 amide bonds. The number of nitro groups is 1. The smallest absolute Gasteiger partial charge is 0.293 e. The molecule has 7 nitrogen and oxygen atoms in total. The molecule has 0 bridgehead atoms. The predicted molar refractivity (Wildman–Crippen MR) is 114 cm³/mol. The number of anilines is 1. The normalized spacial score (nSPS) is 15.1. The third kappa shape index (κ3) is 5.33. The maximum absolute atomic E-state index is 14.0. The highest BCUT2D eigenvalue weighted by atomic mass is 19.1. The van der Waals surface area contributed by atoms with Crippen molar-refractivity contribution < 1.29 is 14.1 Å². The third-order valence-corrected chi connectivity index (χ3v) is 5.14. The molecular formula is C22H27FN4O3. The van der Waals surface area contributed by atoms with Crippen molar-refractivity contribution in [2.45, 2.75) is 32.9 Å². The van der Waals surface area contributed by atoms with Crippen LogP contribution in [0.1, 0.15) is 36.2 Å². The van der Waals surface area contributed by atoms with E-state index in [0.29, 0.717) is 37.4 Å². The zero-order valence-corrected chi connectivity index (χ0v) is 17.3. The van der Waals surface area contributed by atoms with Gasteiger partial charge in [-0.05, 0) is 38.5 Å². The fraction of sp³-hybridized carbons (Fsp3) is 0.409. The SMILES string of the molecule is CC(C)NC(=O)c1ccc(N2CCCN(Cc3ccccc3F)CC2)c([N+](=O)[O-])c1. The number of benzene rings is 2. The number of hydrogen-bond donors (Lipinski definition) is 1. The zero-order valence-electron chi connectivity index (χ0n) is 17.3. The van der Waals surface area contributed by atoms with Crippen LogP contribution in [-0.4, -0.2) is 48.0 Å². The van der Waals surface area contributed by atoms with Crippen LogP contribution in [0.25, 0.3) is 0 Å².